The van der Waals surface area contributed by atoms with E-state index in [1.54, 1.807) is 0 Å². The maximum atomic E-state index is 6.48. The maximum absolute atomic E-state index is 6.48. The zero-order chi connectivity index (χ0) is 31.4. The second-order valence-electron chi connectivity index (χ2n) is 12.1. The van der Waals surface area contributed by atoms with Crippen molar-refractivity contribution in [2.45, 2.75) is 54.9 Å². The van der Waals surface area contributed by atoms with Gasteiger partial charge in [0.1, 0.15) is 5.82 Å². The number of fused-ring (bicyclic) bond motifs is 3. The molecule has 0 aliphatic carbocycles. The van der Waals surface area contributed by atoms with Crippen LogP contribution in [0.4, 0.5) is 0 Å². The Morgan fingerprint density at radius 2 is 1.52 bits per heavy atom. The number of nitrogens with zero attached hydrogens (tertiary/aromatic N) is 4. The Balaban J connectivity index is 0.00000372. The summed E-state index contributed by atoms with van der Waals surface area (Å²) in [5, 5.41) is 7.27. The van der Waals surface area contributed by atoms with Crippen LogP contribution in [-0.2, 0) is 27.5 Å². The summed E-state index contributed by atoms with van der Waals surface area (Å²) in [6.45, 7) is 15.0. The van der Waals surface area contributed by atoms with Crippen molar-refractivity contribution in [1.29, 1.82) is 0 Å². The molecule has 232 valence electrons. The van der Waals surface area contributed by atoms with Crippen molar-refractivity contribution >= 4 is 21.8 Å². The van der Waals surface area contributed by atoms with Gasteiger partial charge < -0.3 is 9.30 Å². The normalized spacial score (nSPS) is 11.3. The molecule has 46 heavy (non-hydrogen) atoms. The van der Waals surface area contributed by atoms with Gasteiger partial charge in [0.2, 0.25) is 0 Å². The third-order valence-corrected chi connectivity index (χ3v) is 8.59. The molecule has 0 saturated carbocycles. The van der Waals surface area contributed by atoms with E-state index >= 15 is 0 Å². The molecule has 7 rings (SSSR count). The number of pyridine rings is 1. The average molecular weight is 784 g/mol. The Labute approximate surface area is 285 Å². The van der Waals surface area contributed by atoms with Gasteiger partial charge in [0.25, 0.3) is 0 Å². The van der Waals surface area contributed by atoms with E-state index in [1.807, 2.05) is 29.1 Å². The first-order chi connectivity index (χ1) is 21.7. The van der Waals surface area contributed by atoms with Gasteiger partial charge in [-0.05, 0) is 92.6 Å². The number of ether oxygens (including phenoxy) is 1. The molecule has 0 fully saturated rings. The zero-order valence-corrected chi connectivity index (χ0v) is 29.5. The van der Waals surface area contributed by atoms with Gasteiger partial charge in [-0.3, -0.25) is 4.68 Å². The molecular formula is C40H36N4OPt. The van der Waals surface area contributed by atoms with Crippen molar-refractivity contribution in [2.24, 2.45) is 0 Å². The molecule has 5 nitrogen and oxygen atoms in total. The minimum absolute atomic E-state index is 0. The summed E-state index contributed by atoms with van der Waals surface area (Å²) in [4.78, 5) is 4.70. The van der Waals surface area contributed by atoms with Crippen LogP contribution in [-0.4, -0.2) is 19.3 Å². The number of para-hydroxylation sites is 1. The van der Waals surface area contributed by atoms with Crippen LogP contribution in [0.1, 0.15) is 46.1 Å². The Hall–Kier alpha value is -4.47. The van der Waals surface area contributed by atoms with Crippen LogP contribution in [0.15, 0.2) is 79.0 Å². The SMILES string of the molecule is CCc1cc(C)cc(C)c1-c1c(C)nn(-c2[c-]c(Oc3[c-]c4c(cc3)c3ccccc3n4-c3cc(C)ccn3)cc(C)c2)c1C.[Pt+2]. The van der Waals surface area contributed by atoms with E-state index in [0.717, 1.165) is 62.2 Å². The molecule has 0 N–H and O–H groups in total. The molecule has 0 spiro atoms. The molecule has 0 saturated heterocycles. The first-order valence-electron chi connectivity index (χ1n) is 15.5. The number of aryl methyl sites for hydroxylation is 6. The number of aromatic nitrogens is 4. The average Bonchev–Trinajstić information content (AvgIpc) is 3.49. The fourth-order valence-electron chi connectivity index (χ4n) is 6.70. The van der Waals surface area contributed by atoms with Crippen LogP contribution >= 0.6 is 0 Å². The molecule has 0 aliphatic rings. The van der Waals surface area contributed by atoms with E-state index in [0.29, 0.717) is 11.5 Å². The molecule has 0 unspecified atom stereocenters. The van der Waals surface area contributed by atoms with Crippen LogP contribution in [0.25, 0.3) is 44.4 Å². The number of hydrogen-bond acceptors (Lipinski definition) is 3. The molecule has 0 amide bonds. The quantitative estimate of drug-likeness (QED) is 0.158. The Morgan fingerprint density at radius 3 is 2.30 bits per heavy atom. The van der Waals surface area contributed by atoms with Gasteiger partial charge in [-0.15, -0.1) is 35.7 Å². The van der Waals surface area contributed by atoms with E-state index in [9.17, 15) is 0 Å². The minimum atomic E-state index is 0. The summed E-state index contributed by atoms with van der Waals surface area (Å²) >= 11 is 0. The van der Waals surface area contributed by atoms with E-state index < -0.39 is 0 Å². The summed E-state index contributed by atoms with van der Waals surface area (Å²) in [7, 11) is 0. The van der Waals surface area contributed by atoms with Crippen LogP contribution < -0.4 is 4.74 Å². The fourth-order valence-corrected chi connectivity index (χ4v) is 6.70. The summed E-state index contributed by atoms with van der Waals surface area (Å²) in [5.41, 5.74) is 13.5. The first-order valence-corrected chi connectivity index (χ1v) is 15.5. The van der Waals surface area contributed by atoms with Crippen molar-refractivity contribution in [1.82, 2.24) is 19.3 Å². The number of benzene rings is 4. The molecule has 3 aromatic heterocycles. The monoisotopic (exact) mass is 783 g/mol. The standard InChI is InChI=1S/C40H36N4O.Pt/c1-8-30-18-25(3)17-27(5)39(30)40-28(6)42-44(29(40)7)31-19-26(4)20-33(22-31)45-32-13-14-35-34-11-9-10-12-36(34)43(37(35)23-32)38-21-24(2)15-16-41-38;/h9-21H,8H2,1-7H3;/q-2;+2. The summed E-state index contributed by atoms with van der Waals surface area (Å²) in [5.74, 6) is 2.09. The third kappa shape index (κ3) is 5.47. The van der Waals surface area contributed by atoms with Gasteiger partial charge in [0, 0.05) is 34.5 Å². The molecule has 0 aliphatic heterocycles. The molecule has 6 heteroatoms. The van der Waals surface area contributed by atoms with Gasteiger partial charge in [-0.1, -0.05) is 55.3 Å². The Bertz CT molecular complexity index is 2260. The topological polar surface area (TPSA) is 44.9 Å². The van der Waals surface area contributed by atoms with Crippen LogP contribution in [0.3, 0.4) is 0 Å². The van der Waals surface area contributed by atoms with Crippen molar-refractivity contribution in [2.75, 3.05) is 0 Å². The smallest absolute Gasteiger partial charge is 0.509 e. The zero-order valence-electron chi connectivity index (χ0n) is 27.2. The molecule has 7 aromatic rings. The molecule has 3 heterocycles. The molecule has 0 radical (unpaired) electrons. The van der Waals surface area contributed by atoms with Crippen molar-refractivity contribution < 1.29 is 25.8 Å². The molecule has 4 aromatic carbocycles. The molecule has 0 atom stereocenters. The van der Waals surface area contributed by atoms with Gasteiger partial charge in [-0.25, -0.2) is 4.98 Å². The van der Waals surface area contributed by atoms with E-state index in [2.05, 4.69) is 120 Å². The molecular weight excluding hydrogens is 748 g/mol. The molecule has 0 bridgehead atoms. The van der Waals surface area contributed by atoms with Gasteiger partial charge >= 0.3 is 21.1 Å². The van der Waals surface area contributed by atoms with Crippen molar-refractivity contribution in [3.8, 4) is 34.1 Å². The Kier molecular flexibility index (Phi) is 8.48. The van der Waals surface area contributed by atoms with E-state index in [-0.39, 0.29) is 21.1 Å². The first kappa shape index (κ1) is 31.5. The third-order valence-electron chi connectivity index (χ3n) is 8.59. The summed E-state index contributed by atoms with van der Waals surface area (Å²) in [6.07, 6.45) is 2.82. The van der Waals surface area contributed by atoms with Crippen LogP contribution in [0, 0.1) is 53.7 Å². The van der Waals surface area contributed by atoms with E-state index in [4.69, 9.17) is 14.8 Å². The second-order valence-corrected chi connectivity index (χ2v) is 12.1. The van der Waals surface area contributed by atoms with Crippen molar-refractivity contribution in [3.63, 3.8) is 0 Å². The fraction of sp³-hybridized carbons (Fsp3) is 0.200. The van der Waals surface area contributed by atoms with Crippen LogP contribution in [0.5, 0.6) is 11.5 Å². The van der Waals surface area contributed by atoms with Crippen molar-refractivity contribution in [3.05, 3.63) is 130 Å². The predicted molar refractivity (Wildman–Crippen MR) is 183 cm³/mol. The minimum Gasteiger partial charge on any atom is -0.509 e. The Morgan fingerprint density at radius 1 is 0.739 bits per heavy atom. The predicted octanol–water partition coefficient (Wildman–Crippen LogP) is 9.83. The number of rotatable bonds is 6. The number of hydrogen-bond donors (Lipinski definition) is 0. The van der Waals surface area contributed by atoms with E-state index in [1.165, 1.54) is 27.8 Å². The van der Waals surface area contributed by atoms with Gasteiger partial charge in [-0.2, -0.15) is 16.7 Å². The second kappa shape index (κ2) is 12.4. The van der Waals surface area contributed by atoms with Gasteiger partial charge in [0.05, 0.1) is 5.69 Å². The van der Waals surface area contributed by atoms with Gasteiger partial charge in [0.15, 0.2) is 0 Å². The summed E-state index contributed by atoms with van der Waals surface area (Å²) < 4.78 is 10.6. The van der Waals surface area contributed by atoms with Crippen LogP contribution in [0.2, 0.25) is 0 Å². The largest absolute Gasteiger partial charge is 2.00 e. The maximum Gasteiger partial charge on any atom is 2.00 e. The summed E-state index contributed by atoms with van der Waals surface area (Å²) in [6, 6.07) is 32.3.